The van der Waals surface area contributed by atoms with Crippen molar-refractivity contribution >= 4 is 20.9 Å². The van der Waals surface area contributed by atoms with Crippen molar-refractivity contribution in [1.82, 2.24) is 4.98 Å². The standard InChI is InChI=1S/C24H19F2N3O4S/c1-14-10-18(17-8-9-28-23(17)29(14)30)19-12-16(34(31,32)24(2,3)13-27)5-7-21(19)33-22-6-4-15(25)11-20(22)26/h4-12,28H,1-3H3. The van der Waals surface area contributed by atoms with Crippen LogP contribution in [-0.4, -0.2) is 18.1 Å². The number of H-pyrrole nitrogens is 1. The van der Waals surface area contributed by atoms with E-state index in [9.17, 15) is 27.7 Å². The molecule has 4 aromatic rings. The minimum Gasteiger partial charge on any atom is -0.710 e. The molecule has 34 heavy (non-hydrogen) atoms. The van der Waals surface area contributed by atoms with Crippen LogP contribution in [0.3, 0.4) is 0 Å². The van der Waals surface area contributed by atoms with E-state index >= 15 is 0 Å². The number of aromatic amines is 1. The quantitative estimate of drug-likeness (QED) is 0.320. The van der Waals surface area contributed by atoms with Crippen molar-refractivity contribution in [2.45, 2.75) is 30.4 Å². The van der Waals surface area contributed by atoms with Gasteiger partial charge in [0.15, 0.2) is 26.2 Å². The Morgan fingerprint density at radius 1 is 1.06 bits per heavy atom. The monoisotopic (exact) mass is 483 g/mol. The van der Waals surface area contributed by atoms with Crippen LogP contribution in [0.15, 0.2) is 59.6 Å². The molecule has 0 fully saturated rings. The molecular formula is C24H19F2N3O4S. The highest BCUT2D eigenvalue weighted by atomic mass is 32.2. The highest BCUT2D eigenvalue weighted by Gasteiger charge is 2.36. The molecule has 0 atom stereocenters. The number of pyridine rings is 1. The van der Waals surface area contributed by atoms with Crippen LogP contribution in [0, 0.1) is 35.1 Å². The molecule has 0 unspecified atom stereocenters. The first-order valence-corrected chi connectivity index (χ1v) is 11.6. The summed E-state index contributed by atoms with van der Waals surface area (Å²) in [5.41, 5.74) is 1.24. The average molecular weight is 483 g/mol. The van der Waals surface area contributed by atoms with Gasteiger partial charge in [-0.1, -0.05) is 0 Å². The number of fused-ring (bicyclic) bond motifs is 1. The number of sulfone groups is 1. The molecule has 0 amide bonds. The van der Waals surface area contributed by atoms with Crippen LogP contribution >= 0.6 is 0 Å². The lowest BCUT2D eigenvalue weighted by atomic mass is 10.0. The zero-order valence-electron chi connectivity index (χ0n) is 18.4. The molecule has 2 aromatic carbocycles. The van der Waals surface area contributed by atoms with E-state index < -0.39 is 26.2 Å². The maximum Gasteiger partial charge on any atom is 0.290 e. The molecule has 0 bridgehead atoms. The van der Waals surface area contributed by atoms with Crippen LogP contribution < -0.4 is 9.47 Å². The van der Waals surface area contributed by atoms with Crippen molar-refractivity contribution in [2.75, 3.05) is 0 Å². The summed E-state index contributed by atoms with van der Waals surface area (Å²) in [6, 6.07) is 11.7. The Balaban J connectivity index is 2.00. The molecular weight excluding hydrogens is 464 g/mol. The van der Waals surface area contributed by atoms with Crippen molar-refractivity contribution in [2.24, 2.45) is 0 Å². The zero-order chi connectivity index (χ0) is 24.8. The van der Waals surface area contributed by atoms with Crippen molar-refractivity contribution in [3.05, 3.63) is 77.3 Å². The normalized spacial score (nSPS) is 12.0. The first-order chi connectivity index (χ1) is 16.0. The summed E-state index contributed by atoms with van der Waals surface area (Å²) in [5, 5.41) is 22.3. The fourth-order valence-corrected chi connectivity index (χ4v) is 4.73. The van der Waals surface area contributed by atoms with Crippen molar-refractivity contribution < 1.29 is 26.7 Å². The SMILES string of the molecule is Cc1cc(-c2cc(S(=O)(=O)C(C)(C)C#N)ccc2Oc2ccc(F)cc2F)c2cc[nH]c2[n+]1[O-]. The van der Waals surface area contributed by atoms with E-state index in [2.05, 4.69) is 4.98 Å². The third-order valence-electron chi connectivity index (χ3n) is 5.50. The number of hydrogen-bond donors (Lipinski definition) is 1. The van der Waals surface area contributed by atoms with Gasteiger partial charge in [0.05, 0.1) is 22.5 Å². The Morgan fingerprint density at radius 2 is 1.76 bits per heavy atom. The smallest absolute Gasteiger partial charge is 0.290 e. The maximum atomic E-state index is 14.3. The van der Waals surface area contributed by atoms with E-state index in [-0.39, 0.29) is 27.6 Å². The Hall–Kier alpha value is -3.97. The molecule has 0 saturated carbocycles. The number of halogens is 2. The molecule has 10 heteroatoms. The first kappa shape index (κ1) is 23.2. The van der Waals surface area contributed by atoms with Crippen molar-refractivity contribution in [3.63, 3.8) is 0 Å². The van der Waals surface area contributed by atoms with Gasteiger partial charge in [0.1, 0.15) is 17.3 Å². The molecule has 2 aromatic heterocycles. The lowest BCUT2D eigenvalue weighted by Gasteiger charge is -2.19. The fraction of sp³-hybridized carbons (Fsp3) is 0.167. The molecule has 1 N–H and O–H groups in total. The molecule has 0 aliphatic rings. The van der Waals surface area contributed by atoms with Crippen LogP contribution in [-0.2, 0) is 9.84 Å². The first-order valence-electron chi connectivity index (χ1n) is 10.1. The summed E-state index contributed by atoms with van der Waals surface area (Å²) in [6.45, 7) is 4.16. The van der Waals surface area contributed by atoms with E-state index in [0.29, 0.717) is 27.4 Å². The number of hydrogen-bond acceptors (Lipinski definition) is 5. The Labute approximate surface area is 194 Å². The van der Waals surface area contributed by atoms with E-state index in [1.807, 2.05) is 0 Å². The van der Waals surface area contributed by atoms with Crippen LogP contribution in [0.5, 0.6) is 11.5 Å². The molecule has 7 nitrogen and oxygen atoms in total. The van der Waals surface area contributed by atoms with E-state index in [4.69, 9.17) is 4.74 Å². The van der Waals surface area contributed by atoms with E-state index in [0.717, 1.165) is 12.1 Å². The van der Waals surface area contributed by atoms with Gasteiger partial charge in [0.25, 0.3) is 5.65 Å². The maximum absolute atomic E-state index is 14.3. The van der Waals surface area contributed by atoms with Crippen LogP contribution in [0.25, 0.3) is 22.2 Å². The van der Waals surface area contributed by atoms with Gasteiger partial charge in [0, 0.05) is 17.2 Å². The molecule has 4 rings (SSSR count). The summed E-state index contributed by atoms with van der Waals surface area (Å²) < 4.78 is 58.7. The van der Waals surface area contributed by atoms with Crippen LogP contribution in [0.4, 0.5) is 8.78 Å². The summed E-state index contributed by atoms with van der Waals surface area (Å²) in [6.07, 6.45) is 1.56. The third-order valence-corrected chi connectivity index (χ3v) is 7.81. The van der Waals surface area contributed by atoms with Crippen molar-refractivity contribution in [3.8, 4) is 28.7 Å². The number of ether oxygens (including phenoxy) is 1. The fourth-order valence-electron chi connectivity index (χ4n) is 3.50. The molecule has 174 valence electrons. The molecule has 0 saturated heterocycles. The molecule has 0 radical (unpaired) electrons. The van der Waals surface area contributed by atoms with Crippen LogP contribution in [0.2, 0.25) is 0 Å². The minimum absolute atomic E-state index is 0.0739. The highest BCUT2D eigenvalue weighted by Crippen LogP contribution is 2.40. The predicted molar refractivity (Wildman–Crippen MR) is 121 cm³/mol. The molecule has 0 aliphatic heterocycles. The van der Waals surface area contributed by atoms with Gasteiger partial charge in [-0.05, 0) is 63.2 Å². The zero-order valence-corrected chi connectivity index (χ0v) is 19.2. The van der Waals surface area contributed by atoms with Gasteiger partial charge < -0.3 is 9.94 Å². The lowest BCUT2D eigenvalue weighted by molar-refractivity contribution is -0.586. The lowest BCUT2D eigenvalue weighted by Crippen LogP contribution is -2.31. The van der Waals surface area contributed by atoms with Gasteiger partial charge >= 0.3 is 0 Å². The van der Waals surface area contributed by atoms with E-state index in [1.165, 1.54) is 32.0 Å². The van der Waals surface area contributed by atoms with Crippen molar-refractivity contribution in [1.29, 1.82) is 5.26 Å². The van der Waals surface area contributed by atoms with E-state index in [1.54, 1.807) is 31.3 Å². The van der Waals surface area contributed by atoms with Gasteiger partial charge in [0.2, 0.25) is 0 Å². The summed E-state index contributed by atoms with van der Waals surface area (Å²) in [5.74, 6) is -1.92. The predicted octanol–water partition coefficient (Wildman–Crippen LogP) is 4.92. The second kappa shape index (κ2) is 8.11. The summed E-state index contributed by atoms with van der Waals surface area (Å²) in [7, 11) is -4.10. The van der Waals surface area contributed by atoms with Gasteiger partial charge in [-0.15, -0.1) is 0 Å². The largest absolute Gasteiger partial charge is 0.710 e. The Morgan fingerprint density at radius 3 is 2.44 bits per heavy atom. The number of aryl methyl sites for hydroxylation is 1. The molecule has 0 aliphatic carbocycles. The second-order valence-electron chi connectivity index (χ2n) is 8.19. The Kier molecular flexibility index (Phi) is 5.53. The summed E-state index contributed by atoms with van der Waals surface area (Å²) in [4.78, 5) is 2.70. The molecule has 2 heterocycles. The van der Waals surface area contributed by atoms with Gasteiger partial charge in [-0.2, -0.15) is 5.26 Å². The molecule has 0 spiro atoms. The highest BCUT2D eigenvalue weighted by molar-refractivity contribution is 7.93. The Bertz CT molecular complexity index is 1590. The number of rotatable bonds is 5. The number of nitrogens with one attached hydrogen (secondary N) is 1. The van der Waals surface area contributed by atoms with Gasteiger partial charge in [-0.3, -0.25) is 0 Å². The number of aromatic nitrogens is 2. The summed E-state index contributed by atoms with van der Waals surface area (Å²) >= 11 is 0. The van der Waals surface area contributed by atoms with Crippen LogP contribution in [0.1, 0.15) is 19.5 Å². The topological polar surface area (TPSA) is 110 Å². The number of nitrogens with zero attached hydrogens (tertiary/aromatic N) is 2. The third kappa shape index (κ3) is 3.74. The van der Waals surface area contributed by atoms with Gasteiger partial charge in [-0.25, -0.2) is 26.9 Å². The average Bonchev–Trinajstić information content (AvgIpc) is 3.28. The second-order valence-corrected chi connectivity index (χ2v) is 10.7. The number of nitriles is 1. The minimum atomic E-state index is -4.10. The number of benzene rings is 2.